The predicted molar refractivity (Wildman–Crippen MR) is 110 cm³/mol. The largest absolute Gasteiger partial charge is 0.363 e. The van der Waals surface area contributed by atoms with Crippen LogP contribution in [0.5, 0.6) is 0 Å². The molecule has 6 nitrogen and oxygen atoms in total. The van der Waals surface area contributed by atoms with Gasteiger partial charge in [-0.15, -0.1) is 0 Å². The normalized spacial score (nSPS) is 13.0. The molecule has 1 aliphatic rings. The van der Waals surface area contributed by atoms with Crippen molar-refractivity contribution in [3.8, 4) is 0 Å². The molecule has 146 valence electrons. The Bertz CT molecular complexity index is 1270. The van der Waals surface area contributed by atoms with Crippen molar-refractivity contribution >= 4 is 28.7 Å². The van der Waals surface area contributed by atoms with E-state index in [4.69, 9.17) is 4.84 Å². The number of carbonyl (C=O) groups excluding carboxylic acids is 3. The molecule has 0 radical (unpaired) electrons. The number of aromatic nitrogens is 1. The van der Waals surface area contributed by atoms with Gasteiger partial charge in [0.2, 0.25) is 0 Å². The molecule has 6 heteroatoms. The Hall–Kier alpha value is -4.19. The first-order valence-corrected chi connectivity index (χ1v) is 9.45. The van der Waals surface area contributed by atoms with Crippen LogP contribution in [0.3, 0.4) is 0 Å². The minimum atomic E-state index is -0.762. The summed E-state index contributed by atoms with van der Waals surface area (Å²) in [6.07, 6.45) is 1.96. The Morgan fingerprint density at radius 2 is 1.47 bits per heavy atom. The maximum atomic E-state index is 12.6. The third-order valence-corrected chi connectivity index (χ3v) is 5.13. The van der Waals surface area contributed by atoms with Gasteiger partial charge in [0.05, 0.1) is 16.7 Å². The van der Waals surface area contributed by atoms with E-state index in [-0.39, 0.29) is 16.7 Å². The van der Waals surface area contributed by atoms with Crippen molar-refractivity contribution in [3.63, 3.8) is 0 Å². The predicted octanol–water partition coefficient (Wildman–Crippen LogP) is 4.06. The number of rotatable bonds is 4. The van der Waals surface area contributed by atoms with Gasteiger partial charge < -0.3 is 9.40 Å². The highest BCUT2D eigenvalue weighted by Crippen LogP contribution is 2.24. The van der Waals surface area contributed by atoms with Crippen molar-refractivity contribution in [2.24, 2.45) is 0 Å². The fraction of sp³-hybridized carbons (Fsp3) is 0.0417. The van der Waals surface area contributed by atoms with E-state index in [0.717, 1.165) is 10.9 Å². The fourth-order valence-corrected chi connectivity index (χ4v) is 3.63. The van der Waals surface area contributed by atoms with E-state index in [2.05, 4.69) is 16.7 Å². The molecule has 30 heavy (non-hydrogen) atoms. The highest BCUT2D eigenvalue weighted by molar-refractivity contribution is 6.21. The van der Waals surface area contributed by atoms with Gasteiger partial charge in [0.1, 0.15) is 0 Å². The Morgan fingerprint density at radius 1 is 0.800 bits per heavy atom. The van der Waals surface area contributed by atoms with Crippen LogP contribution >= 0.6 is 0 Å². The quantitative estimate of drug-likeness (QED) is 0.488. The SMILES string of the molecule is O=C(ON1C(=O)c2ccccc2C1=O)c1ccc2c(ccn2Cc2ccccc2)c1. The molecule has 1 aliphatic heterocycles. The van der Waals surface area contributed by atoms with Crippen LogP contribution in [0.25, 0.3) is 10.9 Å². The molecule has 0 saturated heterocycles. The lowest BCUT2D eigenvalue weighted by Gasteiger charge is -2.13. The zero-order valence-corrected chi connectivity index (χ0v) is 15.8. The number of nitrogens with zero attached hydrogens (tertiary/aromatic N) is 2. The van der Waals surface area contributed by atoms with Gasteiger partial charge in [-0.25, -0.2) is 4.79 Å². The van der Waals surface area contributed by atoms with E-state index in [1.807, 2.05) is 36.5 Å². The standard InChI is InChI=1S/C24H16N2O4/c27-22-19-8-4-5-9-20(19)23(28)26(22)30-24(29)18-10-11-21-17(14-18)12-13-25(21)15-16-6-2-1-3-7-16/h1-14H,15H2. The van der Waals surface area contributed by atoms with Crippen LogP contribution in [-0.4, -0.2) is 27.4 Å². The molecule has 5 rings (SSSR count). The number of imide groups is 1. The van der Waals surface area contributed by atoms with Crippen LogP contribution in [0.4, 0.5) is 0 Å². The average molecular weight is 396 g/mol. The Labute approximate surface area is 171 Å². The molecule has 0 atom stereocenters. The van der Waals surface area contributed by atoms with Gasteiger partial charge in [0.25, 0.3) is 11.8 Å². The molecule has 4 aromatic rings. The highest BCUT2D eigenvalue weighted by Gasteiger charge is 2.38. The van der Waals surface area contributed by atoms with E-state index < -0.39 is 17.8 Å². The van der Waals surface area contributed by atoms with E-state index in [1.165, 1.54) is 17.7 Å². The summed E-state index contributed by atoms with van der Waals surface area (Å²) in [5, 5.41) is 1.39. The molecule has 1 aromatic heterocycles. The molecule has 0 aliphatic carbocycles. The van der Waals surface area contributed by atoms with Crippen molar-refractivity contribution in [2.45, 2.75) is 6.54 Å². The molecule has 2 amide bonds. The van der Waals surface area contributed by atoms with Gasteiger partial charge in [0.15, 0.2) is 0 Å². The maximum absolute atomic E-state index is 12.6. The monoisotopic (exact) mass is 396 g/mol. The molecule has 2 heterocycles. The summed E-state index contributed by atoms with van der Waals surface area (Å²) in [4.78, 5) is 42.5. The molecule has 3 aromatic carbocycles. The van der Waals surface area contributed by atoms with Crippen molar-refractivity contribution in [1.82, 2.24) is 9.63 Å². The number of benzene rings is 3. The summed E-state index contributed by atoms with van der Waals surface area (Å²) >= 11 is 0. The van der Waals surface area contributed by atoms with Crippen LogP contribution < -0.4 is 0 Å². The third-order valence-electron chi connectivity index (χ3n) is 5.13. The Morgan fingerprint density at radius 3 is 2.17 bits per heavy atom. The van der Waals surface area contributed by atoms with Gasteiger partial charge in [-0.1, -0.05) is 47.5 Å². The topological polar surface area (TPSA) is 68.6 Å². The molecule has 0 saturated carbocycles. The van der Waals surface area contributed by atoms with E-state index >= 15 is 0 Å². The molecule has 0 unspecified atom stereocenters. The van der Waals surface area contributed by atoms with Crippen molar-refractivity contribution in [3.05, 3.63) is 107 Å². The number of carbonyl (C=O) groups is 3. The van der Waals surface area contributed by atoms with Gasteiger partial charge in [-0.2, -0.15) is 0 Å². The molecule has 0 bridgehead atoms. The first-order valence-electron chi connectivity index (χ1n) is 9.45. The molecule has 0 fully saturated rings. The number of hydrogen-bond acceptors (Lipinski definition) is 4. The van der Waals surface area contributed by atoms with Gasteiger partial charge in [0, 0.05) is 23.6 Å². The zero-order valence-electron chi connectivity index (χ0n) is 15.8. The summed E-state index contributed by atoms with van der Waals surface area (Å²) in [6.45, 7) is 0.711. The molecular formula is C24H16N2O4. The first-order chi connectivity index (χ1) is 14.6. The smallest absolute Gasteiger partial charge is 0.343 e. The minimum absolute atomic E-state index is 0.226. The van der Waals surface area contributed by atoms with Crippen molar-refractivity contribution in [2.75, 3.05) is 0 Å². The number of hydrogen-bond donors (Lipinski definition) is 0. The van der Waals surface area contributed by atoms with E-state index in [1.54, 1.807) is 24.3 Å². The summed E-state index contributed by atoms with van der Waals surface area (Å²) in [5.41, 5.74) is 2.85. The Balaban J connectivity index is 1.37. The molecule has 0 N–H and O–H groups in total. The number of hydroxylamine groups is 2. The highest BCUT2D eigenvalue weighted by atomic mass is 16.7. The maximum Gasteiger partial charge on any atom is 0.363 e. The van der Waals surface area contributed by atoms with Gasteiger partial charge in [-0.3, -0.25) is 9.59 Å². The third kappa shape index (κ3) is 2.95. The second kappa shape index (κ2) is 7.00. The van der Waals surface area contributed by atoms with Crippen LogP contribution in [0.1, 0.15) is 36.6 Å². The lowest BCUT2D eigenvalue weighted by Crippen LogP contribution is -2.32. The first kappa shape index (κ1) is 17.9. The summed E-state index contributed by atoms with van der Waals surface area (Å²) < 4.78 is 2.09. The van der Waals surface area contributed by atoms with E-state index in [9.17, 15) is 14.4 Å². The second-order valence-electron chi connectivity index (χ2n) is 7.03. The van der Waals surface area contributed by atoms with Crippen LogP contribution in [0, 0.1) is 0 Å². The van der Waals surface area contributed by atoms with Crippen LogP contribution in [-0.2, 0) is 11.4 Å². The lowest BCUT2D eigenvalue weighted by atomic mass is 10.1. The molecule has 0 spiro atoms. The van der Waals surface area contributed by atoms with Crippen molar-refractivity contribution in [1.29, 1.82) is 0 Å². The van der Waals surface area contributed by atoms with Crippen molar-refractivity contribution < 1.29 is 19.2 Å². The Kier molecular flexibility index (Phi) is 4.17. The molecular weight excluding hydrogens is 380 g/mol. The van der Waals surface area contributed by atoms with Crippen LogP contribution in [0.2, 0.25) is 0 Å². The number of fused-ring (bicyclic) bond motifs is 2. The minimum Gasteiger partial charge on any atom is -0.343 e. The zero-order chi connectivity index (χ0) is 20.7. The summed E-state index contributed by atoms with van der Waals surface area (Å²) in [6, 6.07) is 23.5. The second-order valence-corrected chi connectivity index (χ2v) is 7.03. The summed E-state index contributed by atoms with van der Waals surface area (Å²) in [5.74, 6) is -2.04. The van der Waals surface area contributed by atoms with Crippen LogP contribution in [0.15, 0.2) is 85.1 Å². The van der Waals surface area contributed by atoms with Gasteiger partial charge in [-0.05, 0) is 42.0 Å². The lowest BCUT2D eigenvalue weighted by molar-refractivity contribution is -0.0584. The average Bonchev–Trinajstić information content (AvgIpc) is 3.28. The number of amides is 2. The van der Waals surface area contributed by atoms with E-state index in [0.29, 0.717) is 11.6 Å². The van der Waals surface area contributed by atoms with Gasteiger partial charge >= 0.3 is 5.97 Å². The summed E-state index contributed by atoms with van der Waals surface area (Å²) in [7, 11) is 0. The fourth-order valence-electron chi connectivity index (χ4n) is 3.63.